The third kappa shape index (κ3) is 3.57. The highest BCUT2D eigenvalue weighted by molar-refractivity contribution is 5.89. The summed E-state index contributed by atoms with van der Waals surface area (Å²) in [6.07, 6.45) is -0.286. The molecule has 0 aromatic heterocycles. The molecule has 21 heavy (non-hydrogen) atoms. The van der Waals surface area contributed by atoms with E-state index in [1.807, 2.05) is 12.1 Å². The highest BCUT2D eigenvalue weighted by Crippen LogP contribution is 2.28. The Hall–Kier alpha value is -2.41. The zero-order valence-corrected chi connectivity index (χ0v) is 11.2. The molecule has 1 heterocycles. The zero-order valence-electron chi connectivity index (χ0n) is 11.2. The summed E-state index contributed by atoms with van der Waals surface area (Å²) >= 11 is 0. The van der Waals surface area contributed by atoms with Crippen molar-refractivity contribution in [1.29, 1.82) is 0 Å². The molecule has 0 saturated heterocycles. The molecule has 112 valence electrons. The highest BCUT2D eigenvalue weighted by atomic mass is 16.5. The molecule has 1 aromatic rings. The number of hydrogen-bond donors (Lipinski definition) is 2. The van der Waals surface area contributed by atoms with Crippen LogP contribution < -0.4 is 0 Å². The van der Waals surface area contributed by atoms with E-state index in [1.54, 1.807) is 12.1 Å². The molecule has 0 radical (unpaired) electrons. The SMILES string of the molecule is O=C(O)CN(CC(=O)O)C(=O)C1OCCc2ccccc21. The van der Waals surface area contributed by atoms with E-state index in [0.717, 1.165) is 10.5 Å². The summed E-state index contributed by atoms with van der Waals surface area (Å²) in [5.41, 5.74) is 1.61. The van der Waals surface area contributed by atoms with Gasteiger partial charge in [-0.15, -0.1) is 0 Å². The summed E-state index contributed by atoms with van der Waals surface area (Å²) in [6.45, 7) is -1.01. The van der Waals surface area contributed by atoms with Crippen LogP contribution in [0.2, 0.25) is 0 Å². The van der Waals surface area contributed by atoms with Crippen LogP contribution in [0.3, 0.4) is 0 Å². The van der Waals surface area contributed by atoms with Gasteiger partial charge in [0.25, 0.3) is 5.91 Å². The van der Waals surface area contributed by atoms with Gasteiger partial charge in [0.2, 0.25) is 0 Å². The summed E-state index contributed by atoms with van der Waals surface area (Å²) in [6, 6.07) is 7.21. The van der Waals surface area contributed by atoms with Crippen molar-refractivity contribution in [2.24, 2.45) is 0 Å². The largest absolute Gasteiger partial charge is 0.480 e. The van der Waals surface area contributed by atoms with E-state index < -0.39 is 37.0 Å². The van der Waals surface area contributed by atoms with Crippen molar-refractivity contribution in [3.05, 3.63) is 35.4 Å². The van der Waals surface area contributed by atoms with Crippen LogP contribution in [0.4, 0.5) is 0 Å². The van der Waals surface area contributed by atoms with E-state index in [0.29, 0.717) is 18.6 Å². The molecule has 1 aromatic carbocycles. The molecule has 0 spiro atoms. The molecule has 0 aliphatic carbocycles. The second kappa shape index (κ2) is 6.36. The maximum atomic E-state index is 12.4. The van der Waals surface area contributed by atoms with Crippen molar-refractivity contribution >= 4 is 17.8 Å². The number of carbonyl (C=O) groups excluding carboxylic acids is 1. The van der Waals surface area contributed by atoms with Crippen molar-refractivity contribution in [2.75, 3.05) is 19.7 Å². The Kier molecular flexibility index (Phi) is 4.54. The molecule has 0 saturated carbocycles. The van der Waals surface area contributed by atoms with Gasteiger partial charge in [-0.3, -0.25) is 14.4 Å². The average Bonchev–Trinajstić information content (AvgIpc) is 2.44. The summed E-state index contributed by atoms with van der Waals surface area (Å²) < 4.78 is 5.43. The van der Waals surface area contributed by atoms with Crippen molar-refractivity contribution < 1.29 is 29.3 Å². The highest BCUT2D eigenvalue weighted by Gasteiger charge is 2.32. The number of ether oxygens (including phenoxy) is 1. The number of fused-ring (bicyclic) bond motifs is 1. The maximum absolute atomic E-state index is 12.4. The first-order valence-corrected chi connectivity index (χ1v) is 6.41. The predicted octanol–water partition coefficient (Wildman–Crippen LogP) is 0.298. The minimum absolute atomic E-state index is 0.335. The third-order valence-corrected chi connectivity index (χ3v) is 3.18. The Balaban J connectivity index is 2.25. The molecule has 1 aliphatic rings. The number of rotatable bonds is 5. The van der Waals surface area contributed by atoms with Gasteiger partial charge < -0.3 is 19.8 Å². The molecule has 1 amide bonds. The molecule has 2 N–H and O–H groups in total. The first kappa shape index (κ1) is 15.0. The van der Waals surface area contributed by atoms with Crippen LogP contribution in [0, 0.1) is 0 Å². The van der Waals surface area contributed by atoms with E-state index in [2.05, 4.69) is 0 Å². The fourth-order valence-electron chi connectivity index (χ4n) is 2.30. The fraction of sp³-hybridized carbons (Fsp3) is 0.357. The van der Waals surface area contributed by atoms with E-state index in [1.165, 1.54) is 0 Å². The lowest BCUT2D eigenvalue weighted by Gasteiger charge is -2.29. The summed E-state index contributed by atoms with van der Waals surface area (Å²) in [5, 5.41) is 17.6. The van der Waals surface area contributed by atoms with E-state index >= 15 is 0 Å². The number of aliphatic carboxylic acids is 2. The first-order chi connectivity index (χ1) is 9.99. The number of benzene rings is 1. The van der Waals surface area contributed by atoms with Gasteiger partial charge in [-0.1, -0.05) is 24.3 Å². The zero-order chi connectivity index (χ0) is 15.4. The summed E-state index contributed by atoms with van der Waals surface area (Å²) in [4.78, 5) is 34.8. The fourth-order valence-corrected chi connectivity index (χ4v) is 2.30. The monoisotopic (exact) mass is 293 g/mol. The second-order valence-electron chi connectivity index (χ2n) is 4.68. The van der Waals surface area contributed by atoms with Crippen LogP contribution >= 0.6 is 0 Å². The predicted molar refractivity (Wildman–Crippen MR) is 70.7 cm³/mol. The number of carbonyl (C=O) groups is 3. The number of amides is 1. The normalized spacial score (nSPS) is 16.9. The Morgan fingerprint density at radius 1 is 1.14 bits per heavy atom. The lowest BCUT2D eigenvalue weighted by atomic mass is 9.97. The third-order valence-electron chi connectivity index (χ3n) is 3.18. The average molecular weight is 293 g/mol. The first-order valence-electron chi connectivity index (χ1n) is 6.41. The van der Waals surface area contributed by atoms with Crippen LogP contribution in [0.5, 0.6) is 0 Å². The van der Waals surface area contributed by atoms with Gasteiger partial charge >= 0.3 is 11.9 Å². The van der Waals surface area contributed by atoms with Crippen LogP contribution in [0.1, 0.15) is 17.2 Å². The molecule has 2 rings (SSSR count). The van der Waals surface area contributed by atoms with Gasteiger partial charge in [0, 0.05) is 0 Å². The van der Waals surface area contributed by atoms with Gasteiger partial charge in [0.05, 0.1) is 6.61 Å². The summed E-state index contributed by atoms with van der Waals surface area (Å²) in [5.74, 6) is -3.19. The lowest BCUT2D eigenvalue weighted by Crippen LogP contribution is -2.43. The Labute approximate surface area is 120 Å². The molecule has 1 atom stereocenters. The van der Waals surface area contributed by atoms with Crippen molar-refractivity contribution in [3.8, 4) is 0 Å². The van der Waals surface area contributed by atoms with Gasteiger partial charge in [0.1, 0.15) is 13.1 Å². The van der Waals surface area contributed by atoms with Crippen LogP contribution in [0.15, 0.2) is 24.3 Å². The molecule has 1 aliphatic heterocycles. The van der Waals surface area contributed by atoms with E-state index in [9.17, 15) is 14.4 Å². The Morgan fingerprint density at radius 3 is 2.38 bits per heavy atom. The Bertz CT molecular complexity index is 554. The smallest absolute Gasteiger partial charge is 0.323 e. The number of hydrogen-bond acceptors (Lipinski definition) is 4. The molecule has 7 heteroatoms. The standard InChI is InChI=1S/C14H15NO6/c16-11(17)7-15(8-12(18)19)14(20)13-10-4-2-1-3-9(10)5-6-21-13/h1-4,13H,5-8H2,(H,16,17)(H,18,19). The van der Waals surface area contributed by atoms with Gasteiger partial charge in [-0.05, 0) is 17.5 Å². The quantitative estimate of drug-likeness (QED) is 0.809. The molecular weight excluding hydrogens is 278 g/mol. The topological polar surface area (TPSA) is 104 Å². The molecule has 1 unspecified atom stereocenters. The summed E-state index contributed by atoms with van der Waals surface area (Å²) in [7, 11) is 0. The number of nitrogens with zero attached hydrogens (tertiary/aromatic N) is 1. The van der Waals surface area contributed by atoms with Crippen LogP contribution in [-0.2, 0) is 25.5 Å². The minimum Gasteiger partial charge on any atom is -0.480 e. The van der Waals surface area contributed by atoms with E-state index in [4.69, 9.17) is 14.9 Å². The van der Waals surface area contributed by atoms with Gasteiger partial charge in [-0.2, -0.15) is 0 Å². The minimum atomic E-state index is -1.27. The number of carboxylic acid groups (broad SMARTS) is 2. The van der Waals surface area contributed by atoms with Crippen molar-refractivity contribution in [1.82, 2.24) is 4.90 Å². The van der Waals surface area contributed by atoms with Crippen molar-refractivity contribution in [3.63, 3.8) is 0 Å². The van der Waals surface area contributed by atoms with Gasteiger partial charge in [0.15, 0.2) is 6.10 Å². The molecule has 7 nitrogen and oxygen atoms in total. The van der Waals surface area contributed by atoms with Gasteiger partial charge in [-0.25, -0.2) is 0 Å². The molecule has 0 bridgehead atoms. The van der Waals surface area contributed by atoms with Crippen LogP contribution in [-0.4, -0.2) is 52.7 Å². The van der Waals surface area contributed by atoms with E-state index in [-0.39, 0.29) is 0 Å². The Morgan fingerprint density at radius 2 is 1.76 bits per heavy atom. The second-order valence-corrected chi connectivity index (χ2v) is 4.68. The number of carboxylic acids is 2. The lowest BCUT2D eigenvalue weighted by molar-refractivity contribution is -0.156. The molecule has 0 fully saturated rings. The van der Waals surface area contributed by atoms with Crippen LogP contribution in [0.25, 0.3) is 0 Å². The maximum Gasteiger partial charge on any atom is 0.323 e. The molecular formula is C14H15NO6. The van der Waals surface area contributed by atoms with Crippen molar-refractivity contribution in [2.45, 2.75) is 12.5 Å².